The van der Waals surface area contributed by atoms with Crippen LogP contribution in [0, 0.1) is 0 Å². The fraction of sp³-hybridized carbons (Fsp3) is 0.458. The highest BCUT2D eigenvalue weighted by atomic mass is 16.7. The molecule has 1 N–H and O–H groups in total. The molecule has 0 atom stereocenters. The van der Waals surface area contributed by atoms with Crippen LogP contribution in [0.25, 0.3) is 22.3 Å². The van der Waals surface area contributed by atoms with E-state index in [0.29, 0.717) is 11.4 Å². The van der Waals surface area contributed by atoms with Crippen molar-refractivity contribution in [2.75, 3.05) is 13.2 Å². The van der Waals surface area contributed by atoms with E-state index in [2.05, 4.69) is 46.5 Å². The molecular weight excluding hydrogens is 394 g/mol. The summed E-state index contributed by atoms with van der Waals surface area (Å²) in [5.41, 5.74) is 3.64. The standard InChI is InChI=1S/C24H29N3O4/c1-23(2,3)17-10-14(11-18(20(17)28)24(4,5)6)19-16-8-7-9-25-21(16)27(26-19)15-12-30-22(29)31-13-15/h7-11,15,28H,12-13H2,1-6H3. The molecule has 0 aliphatic carbocycles. The maximum atomic E-state index is 11.3. The quantitative estimate of drug-likeness (QED) is 0.577. The maximum Gasteiger partial charge on any atom is 0.508 e. The minimum atomic E-state index is -0.663. The van der Waals surface area contributed by atoms with Gasteiger partial charge in [0.25, 0.3) is 0 Å². The molecule has 1 aliphatic heterocycles. The van der Waals surface area contributed by atoms with Gasteiger partial charge in [0, 0.05) is 28.3 Å². The Morgan fingerprint density at radius 2 is 1.61 bits per heavy atom. The van der Waals surface area contributed by atoms with Gasteiger partial charge in [0.1, 0.15) is 30.7 Å². The van der Waals surface area contributed by atoms with Crippen molar-refractivity contribution in [3.63, 3.8) is 0 Å². The molecule has 3 heterocycles. The summed E-state index contributed by atoms with van der Waals surface area (Å²) >= 11 is 0. The largest absolute Gasteiger partial charge is 0.508 e. The number of carbonyl (C=O) groups is 1. The number of hydrogen-bond donors (Lipinski definition) is 1. The van der Waals surface area contributed by atoms with E-state index >= 15 is 0 Å². The second kappa shape index (κ2) is 7.25. The van der Waals surface area contributed by atoms with E-state index in [1.54, 1.807) is 10.9 Å². The second-order valence-corrected chi connectivity index (χ2v) is 10.1. The van der Waals surface area contributed by atoms with Crippen LogP contribution in [0.3, 0.4) is 0 Å². The van der Waals surface area contributed by atoms with Crippen molar-refractivity contribution >= 4 is 17.2 Å². The zero-order valence-electron chi connectivity index (χ0n) is 18.9. The number of benzene rings is 1. The van der Waals surface area contributed by atoms with Crippen LogP contribution >= 0.6 is 0 Å². The first-order valence-corrected chi connectivity index (χ1v) is 10.5. The molecule has 7 nitrogen and oxygen atoms in total. The molecule has 4 rings (SSSR count). The van der Waals surface area contributed by atoms with Crippen molar-refractivity contribution in [2.24, 2.45) is 0 Å². The van der Waals surface area contributed by atoms with Crippen molar-refractivity contribution in [1.82, 2.24) is 14.8 Å². The molecule has 0 spiro atoms. The van der Waals surface area contributed by atoms with Crippen molar-refractivity contribution in [3.05, 3.63) is 41.6 Å². The highest BCUT2D eigenvalue weighted by Crippen LogP contribution is 2.43. The number of aromatic nitrogens is 3. The summed E-state index contributed by atoms with van der Waals surface area (Å²) in [6.07, 6.45) is 1.06. The molecule has 1 saturated heterocycles. The monoisotopic (exact) mass is 423 g/mol. The van der Waals surface area contributed by atoms with Gasteiger partial charge in [-0.1, -0.05) is 41.5 Å². The minimum Gasteiger partial charge on any atom is -0.507 e. The lowest BCUT2D eigenvalue weighted by molar-refractivity contribution is -0.00968. The predicted octanol–water partition coefficient (Wildman–Crippen LogP) is 5.11. The Hall–Kier alpha value is -3.09. The number of ether oxygens (including phenoxy) is 2. The van der Waals surface area contributed by atoms with E-state index < -0.39 is 6.16 Å². The Labute approximate surface area is 182 Å². The molecule has 0 radical (unpaired) electrons. The van der Waals surface area contributed by atoms with Crippen LogP contribution in [-0.2, 0) is 20.3 Å². The van der Waals surface area contributed by atoms with Gasteiger partial charge in [-0.2, -0.15) is 5.10 Å². The summed E-state index contributed by atoms with van der Waals surface area (Å²) in [5, 5.41) is 16.9. The van der Waals surface area contributed by atoms with Crippen molar-refractivity contribution in [1.29, 1.82) is 0 Å². The normalized spacial score (nSPS) is 15.7. The second-order valence-electron chi connectivity index (χ2n) is 10.1. The van der Waals surface area contributed by atoms with Gasteiger partial charge in [-0.05, 0) is 35.1 Å². The minimum absolute atomic E-state index is 0.182. The van der Waals surface area contributed by atoms with E-state index in [0.717, 1.165) is 27.8 Å². The Kier molecular flexibility index (Phi) is 4.95. The Morgan fingerprint density at radius 1 is 1.03 bits per heavy atom. The van der Waals surface area contributed by atoms with Crippen LogP contribution in [0.4, 0.5) is 4.79 Å². The van der Waals surface area contributed by atoms with Crippen LogP contribution in [0.1, 0.15) is 58.7 Å². The van der Waals surface area contributed by atoms with Crippen molar-refractivity contribution in [3.8, 4) is 17.0 Å². The molecule has 1 fully saturated rings. The van der Waals surface area contributed by atoms with Crippen LogP contribution in [0.5, 0.6) is 5.75 Å². The number of aromatic hydroxyl groups is 1. The van der Waals surface area contributed by atoms with E-state index in [9.17, 15) is 9.90 Å². The molecule has 0 bridgehead atoms. The number of rotatable bonds is 2. The molecule has 0 saturated carbocycles. The Bertz CT molecular complexity index is 1110. The van der Waals surface area contributed by atoms with Gasteiger partial charge >= 0.3 is 6.16 Å². The van der Waals surface area contributed by atoms with Gasteiger partial charge in [0.05, 0.1) is 0 Å². The molecule has 7 heteroatoms. The fourth-order valence-corrected chi connectivity index (χ4v) is 3.92. The molecule has 1 aliphatic rings. The molecule has 3 aromatic rings. The molecule has 1 aromatic carbocycles. The number of cyclic esters (lactones) is 2. The first-order valence-electron chi connectivity index (χ1n) is 10.5. The van der Waals surface area contributed by atoms with Crippen molar-refractivity contribution in [2.45, 2.75) is 58.4 Å². The molecule has 0 unspecified atom stereocenters. The van der Waals surface area contributed by atoms with Gasteiger partial charge < -0.3 is 14.6 Å². The van der Waals surface area contributed by atoms with Gasteiger partial charge in [0.2, 0.25) is 0 Å². The third kappa shape index (κ3) is 3.84. The molecule has 31 heavy (non-hydrogen) atoms. The third-order valence-corrected chi connectivity index (χ3v) is 5.60. The van der Waals surface area contributed by atoms with Gasteiger partial charge in [0.15, 0.2) is 5.65 Å². The highest BCUT2D eigenvalue weighted by Gasteiger charge is 2.30. The molecule has 0 amide bonds. The lowest BCUT2D eigenvalue weighted by Gasteiger charge is -2.28. The van der Waals surface area contributed by atoms with Gasteiger partial charge in [-0.15, -0.1) is 0 Å². The van der Waals surface area contributed by atoms with Crippen LogP contribution in [0.2, 0.25) is 0 Å². The number of hydrogen-bond acceptors (Lipinski definition) is 6. The van der Waals surface area contributed by atoms with E-state index in [4.69, 9.17) is 14.6 Å². The summed E-state index contributed by atoms with van der Waals surface area (Å²) in [7, 11) is 0. The third-order valence-electron chi connectivity index (χ3n) is 5.60. The zero-order chi connectivity index (χ0) is 22.6. The van der Waals surface area contributed by atoms with Crippen LogP contribution < -0.4 is 0 Å². The fourth-order valence-electron chi connectivity index (χ4n) is 3.92. The van der Waals surface area contributed by atoms with Gasteiger partial charge in [-0.3, -0.25) is 0 Å². The van der Waals surface area contributed by atoms with E-state index in [-0.39, 0.29) is 30.1 Å². The summed E-state index contributed by atoms with van der Waals surface area (Å²) in [6, 6.07) is 7.63. The molecule has 2 aromatic heterocycles. The first kappa shape index (κ1) is 21.2. The average Bonchev–Trinajstić information content (AvgIpc) is 3.07. The highest BCUT2D eigenvalue weighted by molar-refractivity contribution is 5.91. The average molecular weight is 424 g/mol. The van der Waals surface area contributed by atoms with Crippen LogP contribution in [0.15, 0.2) is 30.5 Å². The van der Waals surface area contributed by atoms with Crippen LogP contribution in [-0.4, -0.2) is 39.2 Å². The topological polar surface area (TPSA) is 86.5 Å². The zero-order valence-corrected chi connectivity index (χ0v) is 18.9. The molecule has 164 valence electrons. The van der Waals surface area contributed by atoms with E-state index in [1.807, 2.05) is 24.3 Å². The summed E-state index contributed by atoms with van der Waals surface area (Å²) < 4.78 is 11.9. The van der Waals surface area contributed by atoms with Gasteiger partial charge in [-0.25, -0.2) is 14.5 Å². The number of fused-ring (bicyclic) bond motifs is 1. The number of phenols is 1. The molecular formula is C24H29N3O4. The SMILES string of the molecule is CC(C)(C)c1cc(-c2nn(C3COC(=O)OC3)c3ncccc23)cc(C(C)(C)C)c1O. The number of carbonyl (C=O) groups excluding carboxylic acids is 1. The summed E-state index contributed by atoms with van der Waals surface area (Å²) in [5.74, 6) is 0.332. The maximum absolute atomic E-state index is 11.3. The lowest BCUT2D eigenvalue weighted by Crippen LogP contribution is -2.30. The summed E-state index contributed by atoms with van der Waals surface area (Å²) in [6.45, 7) is 12.9. The lowest BCUT2D eigenvalue weighted by atomic mass is 9.78. The number of phenolic OH excluding ortho intramolecular Hbond substituents is 1. The van der Waals surface area contributed by atoms with E-state index in [1.165, 1.54) is 0 Å². The smallest absolute Gasteiger partial charge is 0.507 e. The first-order chi connectivity index (χ1) is 14.5. The Morgan fingerprint density at radius 3 is 2.16 bits per heavy atom. The number of pyridine rings is 1. The summed E-state index contributed by atoms with van der Waals surface area (Å²) in [4.78, 5) is 15.8. The van der Waals surface area contributed by atoms with Crippen molar-refractivity contribution < 1.29 is 19.4 Å². The number of nitrogens with zero attached hydrogens (tertiary/aromatic N) is 3. The predicted molar refractivity (Wildman–Crippen MR) is 118 cm³/mol. The Balaban J connectivity index is 1.94.